The quantitative estimate of drug-likeness (QED) is 0.682. The minimum atomic E-state index is 0.221. The molecule has 0 bridgehead atoms. The number of nitrogens with zero attached hydrogens (tertiary/aromatic N) is 1. The summed E-state index contributed by atoms with van der Waals surface area (Å²) in [5.74, 6) is 1.76. The van der Waals surface area contributed by atoms with Gasteiger partial charge in [-0.05, 0) is 31.6 Å². The van der Waals surface area contributed by atoms with Crippen LogP contribution in [0.1, 0.15) is 39.5 Å². The van der Waals surface area contributed by atoms with Crippen LogP contribution in [0, 0.1) is 11.8 Å². The molecule has 1 amide bonds. The van der Waals surface area contributed by atoms with E-state index in [9.17, 15) is 4.79 Å². The number of piperidine rings is 1. The van der Waals surface area contributed by atoms with Crippen molar-refractivity contribution in [2.24, 2.45) is 11.8 Å². The summed E-state index contributed by atoms with van der Waals surface area (Å²) in [4.78, 5) is 14.1. The lowest BCUT2D eigenvalue weighted by molar-refractivity contribution is -0.137. The van der Waals surface area contributed by atoms with E-state index < -0.39 is 0 Å². The summed E-state index contributed by atoms with van der Waals surface area (Å²) in [6.45, 7) is 5.99. The minimum Gasteiger partial charge on any atom is -0.342 e. The van der Waals surface area contributed by atoms with Gasteiger partial charge >= 0.3 is 0 Å². The van der Waals surface area contributed by atoms with Gasteiger partial charge in [-0.3, -0.25) is 4.79 Å². The summed E-state index contributed by atoms with van der Waals surface area (Å²) in [7, 11) is 0. The Morgan fingerprint density at radius 3 is 2.67 bits per heavy atom. The molecule has 1 fully saturated rings. The molecule has 1 aliphatic rings. The predicted molar refractivity (Wildman–Crippen MR) is 64.1 cm³/mol. The summed E-state index contributed by atoms with van der Waals surface area (Å²) >= 11 is 5.86. The number of hydrogen-bond donors (Lipinski definition) is 0. The Morgan fingerprint density at radius 2 is 2.13 bits per heavy atom. The maximum Gasteiger partial charge on any atom is 0.225 e. The molecule has 0 aliphatic carbocycles. The van der Waals surface area contributed by atoms with Crippen molar-refractivity contribution >= 4 is 17.5 Å². The first kappa shape index (κ1) is 12.8. The lowest BCUT2D eigenvalue weighted by atomic mass is 9.96. The number of halogens is 1. The summed E-state index contributed by atoms with van der Waals surface area (Å²) in [6.07, 6.45) is 4.20. The van der Waals surface area contributed by atoms with E-state index in [0.717, 1.165) is 32.4 Å². The fourth-order valence-corrected chi connectivity index (χ4v) is 2.54. The van der Waals surface area contributed by atoms with Crippen molar-refractivity contribution < 1.29 is 4.79 Å². The monoisotopic (exact) mass is 231 g/mol. The van der Waals surface area contributed by atoms with Gasteiger partial charge in [0.1, 0.15) is 0 Å². The average Bonchev–Trinajstić information content (AvgIpc) is 2.30. The second-order valence-corrected chi connectivity index (χ2v) is 4.77. The Bertz CT molecular complexity index is 204. The number of alkyl halides is 1. The first-order chi connectivity index (χ1) is 7.22. The molecule has 1 rings (SSSR count). The van der Waals surface area contributed by atoms with E-state index in [1.807, 2.05) is 4.90 Å². The summed E-state index contributed by atoms with van der Waals surface area (Å²) in [5.41, 5.74) is 0. The molecule has 0 aromatic carbocycles. The standard InChI is InChI=1S/C12H22ClNO/c1-3-11(4-2)12(15)14-7-5-6-10(8-13)9-14/h10-11H,3-9H2,1-2H3. The first-order valence-electron chi connectivity index (χ1n) is 6.07. The fourth-order valence-electron chi connectivity index (χ4n) is 2.29. The van der Waals surface area contributed by atoms with Gasteiger partial charge in [0.2, 0.25) is 5.91 Å². The van der Waals surface area contributed by atoms with Gasteiger partial charge in [-0.25, -0.2) is 0 Å². The van der Waals surface area contributed by atoms with Crippen LogP contribution in [0.5, 0.6) is 0 Å². The van der Waals surface area contributed by atoms with Crippen molar-refractivity contribution in [2.45, 2.75) is 39.5 Å². The maximum atomic E-state index is 12.1. The zero-order valence-corrected chi connectivity index (χ0v) is 10.6. The normalized spacial score (nSPS) is 22.1. The molecule has 0 spiro atoms. The number of amides is 1. The Balaban J connectivity index is 2.51. The van der Waals surface area contributed by atoms with Gasteiger partial charge in [0, 0.05) is 24.9 Å². The van der Waals surface area contributed by atoms with Gasteiger partial charge in [0.05, 0.1) is 0 Å². The molecule has 1 aliphatic heterocycles. The van der Waals surface area contributed by atoms with Gasteiger partial charge in [0.25, 0.3) is 0 Å². The lowest BCUT2D eigenvalue weighted by Crippen LogP contribution is -2.43. The second kappa shape index (κ2) is 6.37. The van der Waals surface area contributed by atoms with Crippen molar-refractivity contribution in [3.8, 4) is 0 Å². The Hall–Kier alpha value is -0.240. The highest BCUT2D eigenvalue weighted by molar-refractivity contribution is 6.18. The minimum absolute atomic E-state index is 0.221. The molecule has 3 heteroatoms. The molecule has 15 heavy (non-hydrogen) atoms. The molecular weight excluding hydrogens is 210 g/mol. The van der Waals surface area contributed by atoms with Crippen LogP contribution in [0.3, 0.4) is 0 Å². The molecule has 88 valence electrons. The number of carbonyl (C=O) groups excluding carboxylic acids is 1. The number of hydrogen-bond acceptors (Lipinski definition) is 1. The molecule has 1 saturated heterocycles. The van der Waals surface area contributed by atoms with Crippen molar-refractivity contribution in [2.75, 3.05) is 19.0 Å². The molecular formula is C12H22ClNO. The van der Waals surface area contributed by atoms with Gasteiger partial charge in [-0.15, -0.1) is 11.6 Å². The summed E-state index contributed by atoms with van der Waals surface area (Å²) < 4.78 is 0. The third-order valence-corrected chi connectivity index (χ3v) is 3.82. The van der Waals surface area contributed by atoms with Gasteiger partial charge in [-0.2, -0.15) is 0 Å². The van der Waals surface area contributed by atoms with Crippen LogP contribution in [0.2, 0.25) is 0 Å². The molecule has 2 nitrogen and oxygen atoms in total. The zero-order chi connectivity index (χ0) is 11.3. The molecule has 0 N–H and O–H groups in total. The maximum absolute atomic E-state index is 12.1. The molecule has 1 atom stereocenters. The highest BCUT2D eigenvalue weighted by Gasteiger charge is 2.26. The third-order valence-electron chi connectivity index (χ3n) is 3.38. The van der Waals surface area contributed by atoms with E-state index in [-0.39, 0.29) is 5.92 Å². The van der Waals surface area contributed by atoms with Crippen LogP contribution >= 0.6 is 11.6 Å². The van der Waals surface area contributed by atoms with Gasteiger partial charge in [-0.1, -0.05) is 13.8 Å². The first-order valence-corrected chi connectivity index (χ1v) is 6.61. The largest absolute Gasteiger partial charge is 0.342 e. The Kier molecular flexibility index (Phi) is 5.44. The predicted octanol–water partition coefficient (Wildman–Crippen LogP) is 2.90. The molecule has 1 heterocycles. The van der Waals surface area contributed by atoms with Crippen molar-refractivity contribution in [3.63, 3.8) is 0 Å². The summed E-state index contributed by atoms with van der Waals surface area (Å²) in [6, 6.07) is 0. The molecule has 0 radical (unpaired) electrons. The van der Waals surface area contributed by atoms with Crippen LogP contribution in [-0.2, 0) is 4.79 Å². The van der Waals surface area contributed by atoms with Crippen molar-refractivity contribution in [1.82, 2.24) is 4.90 Å². The summed E-state index contributed by atoms with van der Waals surface area (Å²) in [5, 5.41) is 0. The zero-order valence-electron chi connectivity index (χ0n) is 9.84. The van der Waals surface area contributed by atoms with E-state index in [1.54, 1.807) is 0 Å². The van der Waals surface area contributed by atoms with E-state index in [0.29, 0.717) is 17.7 Å². The number of carbonyl (C=O) groups is 1. The van der Waals surface area contributed by atoms with Crippen molar-refractivity contribution in [3.05, 3.63) is 0 Å². The highest BCUT2D eigenvalue weighted by atomic mass is 35.5. The molecule has 1 unspecified atom stereocenters. The van der Waals surface area contributed by atoms with Crippen LogP contribution in [0.15, 0.2) is 0 Å². The Morgan fingerprint density at radius 1 is 1.47 bits per heavy atom. The molecule has 0 saturated carbocycles. The third kappa shape index (κ3) is 3.37. The van der Waals surface area contributed by atoms with Crippen LogP contribution in [0.25, 0.3) is 0 Å². The number of likely N-dealkylation sites (tertiary alicyclic amines) is 1. The van der Waals surface area contributed by atoms with Crippen LogP contribution < -0.4 is 0 Å². The van der Waals surface area contributed by atoms with Gasteiger partial charge in [0.15, 0.2) is 0 Å². The van der Waals surface area contributed by atoms with E-state index in [4.69, 9.17) is 11.6 Å². The second-order valence-electron chi connectivity index (χ2n) is 4.46. The van der Waals surface area contributed by atoms with Crippen LogP contribution in [-0.4, -0.2) is 29.8 Å². The van der Waals surface area contributed by atoms with Crippen LogP contribution in [0.4, 0.5) is 0 Å². The van der Waals surface area contributed by atoms with E-state index in [2.05, 4.69) is 13.8 Å². The lowest BCUT2D eigenvalue weighted by Gasteiger charge is -2.34. The van der Waals surface area contributed by atoms with Gasteiger partial charge < -0.3 is 4.90 Å². The fraction of sp³-hybridized carbons (Fsp3) is 0.917. The Labute approximate surface area is 98.0 Å². The van der Waals surface area contributed by atoms with E-state index in [1.165, 1.54) is 6.42 Å². The number of rotatable bonds is 4. The average molecular weight is 232 g/mol. The van der Waals surface area contributed by atoms with Crippen molar-refractivity contribution in [1.29, 1.82) is 0 Å². The molecule has 0 aromatic heterocycles. The highest BCUT2D eigenvalue weighted by Crippen LogP contribution is 2.21. The molecule has 0 aromatic rings. The van der Waals surface area contributed by atoms with E-state index >= 15 is 0 Å². The SMILES string of the molecule is CCC(CC)C(=O)N1CCCC(CCl)C1. The topological polar surface area (TPSA) is 20.3 Å². The smallest absolute Gasteiger partial charge is 0.225 e.